The van der Waals surface area contributed by atoms with Crippen LogP contribution in [0.25, 0.3) is 11.4 Å². The van der Waals surface area contributed by atoms with Gasteiger partial charge in [0, 0.05) is 18.7 Å². The van der Waals surface area contributed by atoms with Crippen molar-refractivity contribution in [3.63, 3.8) is 0 Å². The van der Waals surface area contributed by atoms with Crippen molar-refractivity contribution in [2.75, 3.05) is 18.8 Å². The van der Waals surface area contributed by atoms with E-state index in [-0.39, 0.29) is 11.8 Å². The number of piperidine rings is 1. The number of carbonyl (C=O) groups is 1. The maximum Gasteiger partial charge on any atom is 0.242 e. The number of hydrogen-bond donors (Lipinski definition) is 0. The molecule has 0 saturated carbocycles. The lowest BCUT2D eigenvalue weighted by Gasteiger charge is -2.30. The summed E-state index contributed by atoms with van der Waals surface area (Å²) in [5.41, 5.74) is 1.85. The molecule has 2 aromatic rings. The molecule has 1 aromatic carbocycles. The number of aryl methyl sites for hydroxylation is 1. The lowest BCUT2D eigenvalue weighted by molar-refractivity contribution is -0.130. The zero-order chi connectivity index (χ0) is 18.7. The summed E-state index contributed by atoms with van der Waals surface area (Å²) in [7, 11) is -3.66. The van der Waals surface area contributed by atoms with Crippen LogP contribution in [0, 0.1) is 12.8 Å². The summed E-state index contributed by atoms with van der Waals surface area (Å²) < 4.78 is 29.8. The summed E-state index contributed by atoms with van der Waals surface area (Å²) in [6, 6.07) is 7.53. The third-order valence-electron chi connectivity index (χ3n) is 4.47. The summed E-state index contributed by atoms with van der Waals surface area (Å²) in [5, 5.41) is 3.83. The van der Waals surface area contributed by atoms with Gasteiger partial charge in [-0.15, -0.1) is 0 Å². The van der Waals surface area contributed by atoms with E-state index in [2.05, 4.69) is 17.1 Å². The Balaban J connectivity index is 1.64. The molecule has 0 N–H and O–H groups in total. The molecule has 7 nitrogen and oxygen atoms in total. The molecule has 0 bridgehead atoms. The molecule has 2 heterocycles. The Morgan fingerprint density at radius 3 is 2.73 bits per heavy atom. The van der Waals surface area contributed by atoms with Gasteiger partial charge in [-0.25, -0.2) is 8.42 Å². The largest absolute Gasteiger partial charge is 0.342 e. The molecule has 1 amide bonds. The second-order valence-electron chi connectivity index (χ2n) is 7.00. The highest BCUT2D eigenvalue weighted by molar-refractivity contribution is 7.91. The minimum atomic E-state index is -3.66. The van der Waals surface area contributed by atoms with E-state index < -0.39 is 21.3 Å². The minimum Gasteiger partial charge on any atom is -0.342 e. The number of aromatic nitrogens is 2. The molecule has 3 rings (SSSR count). The van der Waals surface area contributed by atoms with E-state index in [4.69, 9.17) is 4.52 Å². The van der Waals surface area contributed by atoms with Gasteiger partial charge in [-0.1, -0.05) is 41.9 Å². The van der Waals surface area contributed by atoms with E-state index in [1.165, 1.54) is 0 Å². The molecule has 0 aliphatic carbocycles. The summed E-state index contributed by atoms with van der Waals surface area (Å²) in [4.78, 5) is 18.1. The van der Waals surface area contributed by atoms with Crippen molar-refractivity contribution in [2.24, 2.45) is 5.92 Å². The van der Waals surface area contributed by atoms with Crippen LogP contribution in [0.2, 0.25) is 0 Å². The number of rotatable bonds is 5. The minimum absolute atomic E-state index is 0.000359. The molecule has 140 valence electrons. The van der Waals surface area contributed by atoms with Gasteiger partial charge in [-0.2, -0.15) is 4.98 Å². The van der Waals surface area contributed by atoms with E-state index in [1.54, 1.807) is 4.90 Å². The van der Waals surface area contributed by atoms with Crippen LogP contribution in [0.1, 0.15) is 31.2 Å². The number of benzene rings is 1. The summed E-state index contributed by atoms with van der Waals surface area (Å²) in [6.45, 7) is 5.28. The summed E-state index contributed by atoms with van der Waals surface area (Å²) >= 11 is 0. The molecule has 1 saturated heterocycles. The van der Waals surface area contributed by atoms with Crippen LogP contribution >= 0.6 is 0 Å². The van der Waals surface area contributed by atoms with Crippen LogP contribution in [-0.4, -0.2) is 48.2 Å². The molecule has 26 heavy (non-hydrogen) atoms. The Morgan fingerprint density at radius 1 is 1.31 bits per heavy atom. The SMILES string of the molecule is Cc1ccc(-c2noc(CS(=O)(=O)CC(=O)N3CCC[C@H](C)C3)n2)cc1. The van der Waals surface area contributed by atoms with E-state index in [1.807, 2.05) is 31.2 Å². The second kappa shape index (κ2) is 7.57. The van der Waals surface area contributed by atoms with Gasteiger partial charge in [-0.3, -0.25) is 4.79 Å². The third-order valence-corrected chi connectivity index (χ3v) is 5.85. The van der Waals surface area contributed by atoms with Crippen molar-refractivity contribution in [2.45, 2.75) is 32.4 Å². The molecule has 0 unspecified atom stereocenters. The molecule has 0 spiro atoms. The third kappa shape index (κ3) is 4.69. The monoisotopic (exact) mass is 377 g/mol. The average Bonchev–Trinajstić information content (AvgIpc) is 3.02. The lowest BCUT2D eigenvalue weighted by Crippen LogP contribution is -2.42. The number of hydrogen-bond acceptors (Lipinski definition) is 6. The highest BCUT2D eigenvalue weighted by Gasteiger charge is 2.27. The van der Waals surface area contributed by atoms with Crippen LogP contribution < -0.4 is 0 Å². The van der Waals surface area contributed by atoms with Crippen molar-refractivity contribution in [1.82, 2.24) is 15.0 Å². The van der Waals surface area contributed by atoms with Gasteiger partial charge in [0.05, 0.1) is 0 Å². The fourth-order valence-corrected chi connectivity index (χ4v) is 4.22. The van der Waals surface area contributed by atoms with Crippen molar-refractivity contribution in [1.29, 1.82) is 0 Å². The van der Waals surface area contributed by atoms with Crippen molar-refractivity contribution in [3.8, 4) is 11.4 Å². The van der Waals surface area contributed by atoms with Crippen LogP contribution in [0.4, 0.5) is 0 Å². The van der Waals surface area contributed by atoms with Gasteiger partial charge in [0.1, 0.15) is 11.5 Å². The van der Waals surface area contributed by atoms with Gasteiger partial charge < -0.3 is 9.42 Å². The number of amides is 1. The standard InChI is InChI=1S/C18H23N3O4S/c1-13-5-7-15(8-6-13)18-19-16(25-20-18)11-26(23,24)12-17(22)21-9-3-4-14(2)10-21/h5-8,14H,3-4,9-12H2,1-2H3/t14-/m0/s1. The van der Waals surface area contributed by atoms with Crippen LogP contribution in [-0.2, 0) is 20.4 Å². The fraction of sp³-hybridized carbons (Fsp3) is 0.500. The predicted octanol–water partition coefficient (Wildman–Crippen LogP) is 2.22. The first-order valence-corrected chi connectivity index (χ1v) is 10.5. The van der Waals surface area contributed by atoms with Gasteiger partial charge in [0.2, 0.25) is 17.6 Å². The smallest absolute Gasteiger partial charge is 0.242 e. The highest BCUT2D eigenvalue weighted by atomic mass is 32.2. The van der Waals surface area contributed by atoms with Crippen molar-refractivity contribution >= 4 is 15.7 Å². The van der Waals surface area contributed by atoms with E-state index in [9.17, 15) is 13.2 Å². The predicted molar refractivity (Wildman–Crippen MR) is 96.9 cm³/mol. The van der Waals surface area contributed by atoms with Gasteiger partial charge >= 0.3 is 0 Å². The Morgan fingerprint density at radius 2 is 2.04 bits per heavy atom. The molecule has 0 radical (unpaired) electrons. The van der Waals surface area contributed by atoms with Gasteiger partial charge in [0.15, 0.2) is 9.84 Å². The van der Waals surface area contributed by atoms with E-state index in [0.29, 0.717) is 24.8 Å². The normalized spacial score (nSPS) is 18.1. The summed E-state index contributed by atoms with van der Waals surface area (Å²) in [5.74, 6) is -0.562. The number of sulfone groups is 1. The van der Waals surface area contributed by atoms with Gasteiger partial charge in [0.25, 0.3) is 0 Å². The topological polar surface area (TPSA) is 93.4 Å². The Hall–Kier alpha value is -2.22. The molecule has 1 atom stereocenters. The van der Waals surface area contributed by atoms with Crippen LogP contribution in [0.3, 0.4) is 0 Å². The van der Waals surface area contributed by atoms with Crippen molar-refractivity contribution in [3.05, 3.63) is 35.7 Å². The number of nitrogens with zero attached hydrogens (tertiary/aromatic N) is 3. The average molecular weight is 377 g/mol. The lowest BCUT2D eigenvalue weighted by atomic mass is 10.0. The highest BCUT2D eigenvalue weighted by Crippen LogP contribution is 2.18. The van der Waals surface area contributed by atoms with E-state index >= 15 is 0 Å². The zero-order valence-electron chi connectivity index (χ0n) is 15.0. The molecule has 1 fully saturated rings. The molecule has 8 heteroatoms. The van der Waals surface area contributed by atoms with E-state index in [0.717, 1.165) is 24.0 Å². The zero-order valence-corrected chi connectivity index (χ0v) is 15.8. The van der Waals surface area contributed by atoms with Crippen LogP contribution in [0.15, 0.2) is 28.8 Å². The Labute approximate surface area is 153 Å². The Kier molecular flexibility index (Phi) is 5.41. The first-order chi connectivity index (χ1) is 12.3. The first kappa shape index (κ1) is 18.6. The van der Waals surface area contributed by atoms with Crippen molar-refractivity contribution < 1.29 is 17.7 Å². The molecule has 1 aliphatic heterocycles. The first-order valence-electron chi connectivity index (χ1n) is 8.70. The Bertz CT molecular complexity index is 874. The molecule has 1 aromatic heterocycles. The number of carbonyl (C=O) groups excluding carboxylic acids is 1. The maximum absolute atomic E-state index is 12.3. The maximum atomic E-state index is 12.3. The van der Waals surface area contributed by atoms with Gasteiger partial charge in [-0.05, 0) is 25.7 Å². The quantitative estimate of drug-likeness (QED) is 0.793. The summed E-state index contributed by atoms with van der Waals surface area (Å²) in [6.07, 6.45) is 1.98. The van der Waals surface area contributed by atoms with Crippen LogP contribution in [0.5, 0.6) is 0 Å². The number of likely N-dealkylation sites (tertiary alicyclic amines) is 1. The second-order valence-corrected chi connectivity index (χ2v) is 9.06. The molecular formula is C18H23N3O4S. The fourth-order valence-electron chi connectivity index (χ4n) is 3.07. The molecule has 1 aliphatic rings. The molecular weight excluding hydrogens is 354 g/mol.